The highest BCUT2D eigenvalue weighted by atomic mass is 32.2. The van der Waals surface area contributed by atoms with Crippen LogP contribution in [0.4, 0.5) is 5.69 Å². The van der Waals surface area contributed by atoms with Crippen molar-refractivity contribution in [2.24, 2.45) is 5.92 Å². The maximum Gasteiger partial charge on any atom is 0.0377 e. The Kier molecular flexibility index (Phi) is 3.80. The van der Waals surface area contributed by atoms with Gasteiger partial charge >= 0.3 is 0 Å². The Balaban J connectivity index is 1.75. The summed E-state index contributed by atoms with van der Waals surface area (Å²) in [6.07, 6.45) is 6.26. The van der Waals surface area contributed by atoms with Crippen molar-refractivity contribution in [3.05, 3.63) is 24.3 Å². The van der Waals surface area contributed by atoms with Crippen LogP contribution in [0.5, 0.6) is 0 Å². The molecule has 2 aliphatic rings. The van der Waals surface area contributed by atoms with Gasteiger partial charge in [-0.25, -0.2) is 0 Å². The lowest BCUT2D eigenvalue weighted by Crippen LogP contribution is -2.39. The smallest absolute Gasteiger partial charge is 0.0377 e. The number of rotatable bonds is 3. The van der Waals surface area contributed by atoms with Crippen LogP contribution in [0.15, 0.2) is 29.2 Å². The van der Waals surface area contributed by atoms with Crippen molar-refractivity contribution >= 4 is 17.4 Å². The second-order valence-corrected chi connectivity index (χ2v) is 6.28. The molecule has 0 radical (unpaired) electrons. The van der Waals surface area contributed by atoms with E-state index in [9.17, 15) is 0 Å². The first-order valence-electron chi connectivity index (χ1n) is 6.99. The standard InChI is InChI=1S/C15H22N2S/c1-18-14-5-2-4-13(10-14)17-9-3-8-16-15(11-17)12-6-7-12/h2,4-5,10,12,15-16H,3,6-9,11H2,1H3. The molecule has 1 saturated heterocycles. The average molecular weight is 262 g/mol. The molecule has 1 saturated carbocycles. The van der Waals surface area contributed by atoms with Crippen LogP contribution in [0.25, 0.3) is 0 Å². The normalized spacial score (nSPS) is 24.9. The van der Waals surface area contributed by atoms with Crippen LogP contribution in [0, 0.1) is 5.92 Å². The second kappa shape index (κ2) is 5.54. The van der Waals surface area contributed by atoms with Gasteiger partial charge < -0.3 is 10.2 Å². The van der Waals surface area contributed by atoms with E-state index in [4.69, 9.17) is 0 Å². The zero-order chi connectivity index (χ0) is 12.4. The summed E-state index contributed by atoms with van der Waals surface area (Å²) in [5.74, 6) is 0.939. The lowest BCUT2D eigenvalue weighted by Gasteiger charge is -2.26. The van der Waals surface area contributed by atoms with Crippen molar-refractivity contribution in [3.8, 4) is 0 Å². The minimum atomic E-state index is 0.713. The number of anilines is 1. The van der Waals surface area contributed by atoms with E-state index in [1.807, 2.05) is 11.8 Å². The highest BCUT2D eigenvalue weighted by molar-refractivity contribution is 7.98. The lowest BCUT2D eigenvalue weighted by atomic mass is 10.1. The van der Waals surface area contributed by atoms with Crippen molar-refractivity contribution < 1.29 is 0 Å². The van der Waals surface area contributed by atoms with Crippen LogP contribution in [0.2, 0.25) is 0 Å². The van der Waals surface area contributed by atoms with Gasteiger partial charge in [-0.15, -0.1) is 11.8 Å². The molecule has 1 unspecified atom stereocenters. The quantitative estimate of drug-likeness (QED) is 0.843. The molecule has 3 rings (SSSR count). The van der Waals surface area contributed by atoms with Gasteiger partial charge in [0.25, 0.3) is 0 Å². The largest absolute Gasteiger partial charge is 0.370 e. The van der Waals surface area contributed by atoms with Crippen molar-refractivity contribution in [2.45, 2.75) is 30.2 Å². The number of hydrogen-bond donors (Lipinski definition) is 1. The molecule has 98 valence electrons. The molecule has 1 aliphatic heterocycles. The topological polar surface area (TPSA) is 15.3 Å². The van der Waals surface area contributed by atoms with Crippen molar-refractivity contribution in [3.63, 3.8) is 0 Å². The zero-order valence-corrected chi connectivity index (χ0v) is 11.9. The number of nitrogens with one attached hydrogen (secondary N) is 1. The third kappa shape index (κ3) is 2.83. The molecule has 1 aliphatic carbocycles. The van der Waals surface area contributed by atoms with Gasteiger partial charge in [0.1, 0.15) is 0 Å². The summed E-state index contributed by atoms with van der Waals surface area (Å²) in [6.45, 7) is 3.55. The Morgan fingerprint density at radius 1 is 1.33 bits per heavy atom. The fourth-order valence-corrected chi connectivity index (χ4v) is 3.26. The predicted molar refractivity (Wildman–Crippen MR) is 79.6 cm³/mol. The van der Waals surface area contributed by atoms with E-state index in [0.717, 1.165) is 5.92 Å². The SMILES string of the molecule is CSc1cccc(N2CCCNC(C3CC3)C2)c1. The minimum absolute atomic E-state index is 0.713. The van der Waals surface area contributed by atoms with E-state index < -0.39 is 0 Å². The first-order valence-corrected chi connectivity index (χ1v) is 8.21. The predicted octanol–water partition coefficient (Wildman–Crippen LogP) is 2.99. The van der Waals surface area contributed by atoms with E-state index in [1.54, 1.807) is 0 Å². The van der Waals surface area contributed by atoms with E-state index in [1.165, 1.54) is 49.5 Å². The second-order valence-electron chi connectivity index (χ2n) is 5.40. The maximum absolute atomic E-state index is 3.72. The van der Waals surface area contributed by atoms with Crippen LogP contribution in [0.1, 0.15) is 19.3 Å². The molecule has 2 fully saturated rings. The van der Waals surface area contributed by atoms with Gasteiger partial charge in [0.05, 0.1) is 0 Å². The average Bonchev–Trinajstić information content (AvgIpc) is 3.24. The molecular formula is C15H22N2S. The minimum Gasteiger partial charge on any atom is -0.370 e. The van der Waals surface area contributed by atoms with Gasteiger partial charge in [0, 0.05) is 29.7 Å². The summed E-state index contributed by atoms with van der Waals surface area (Å²) >= 11 is 1.83. The summed E-state index contributed by atoms with van der Waals surface area (Å²) in [5.41, 5.74) is 1.40. The highest BCUT2D eigenvalue weighted by Gasteiger charge is 2.33. The van der Waals surface area contributed by atoms with Crippen molar-refractivity contribution in [1.82, 2.24) is 5.32 Å². The van der Waals surface area contributed by atoms with Crippen LogP contribution >= 0.6 is 11.8 Å². The van der Waals surface area contributed by atoms with Gasteiger partial charge in [0.15, 0.2) is 0 Å². The summed E-state index contributed by atoms with van der Waals surface area (Å²) < 4.78 is 0. The summed E-state index contributed by atoms with van der Waals surface area (Å²) in [4.78, 5) is 3.94. The number of thioether (sulfide) groups is 1. The molecular weight excluding hydrogens is 240 g/mol. The van der Waals surface area contributed by atoms with Gasteiger partial charge in [-0.3, -0.25) is 0 Å². The Bertz CT molecular complexity index is 403. The van der Waals surface area contributed by atoms with E-state index in [0.29, 0.717) is 6.04 Å². The Morgan fingerprint density at radius 3 is 3.00 bits per heavy atom. The molecule has 0 bridgehead atoms. The number of nitrogens with zero attached hydrogens (tertiary/aromatic N) is 1. The maximum atomic E-state index is 3.72. The molecule has 1 atom stereocenters. The van der Waals surface area contributed by atoms with Crippen LogP contribution in [-0.4, -0.2) is 31.9 Å². The third-order valence-corrected chi connectivity index (χ3v) is 4.76. The van der Waals surface area contributed by atoms with Gasteiger partial charge in [-0.1, -0.05) is 6.07 Å². The molecule has 18 heavy (non-hydrogen) atoms. The summed E-state index contributed by atoms with van der Waals surface area (Å²) in [6, 6.07) is 9.69. The molecule has 2 nitrogen and oxygen atoms in total. The molecule has 0 spiro atoms. The fraction of sp³-hybridized carbons (Fsp3) is 0.600. The van der Waals surface area contributed by atoms with E-state index >= 15 is 0 Å². The number of hydrogen-bond acceptors (Lipinski definition) is 3. The van der Waals surface area contributed by atoms with Gasteiger partial charge in [-0.05, 0) is 56.2 Å². The fourth-order valence-electron chi connectivity index (χ4n) is 2.81. The molecule has 3 heteroatoms. The molecule has 1 aromatic carbocycles. The monoisotopic (exact) mass is 262 g/mol. The zero-order valence-electron chi connectivity index (χ0n) is 11.1. The molecule has 1 heterocycles. The van der Waals surface area contributed by atoms with E-state index in [2.05, 4.69) is 40.7 Å². The molecule has 1 N–H and O–H groups in total. The Morgan fingerprint density at radius 2 is 2.22 bits per heavy atom. The van der Waals surface area contributed by atoms with Gasteiger partial charge in [0.2, 0.25) is 0 Å². The highest BCUT2D eigenvalue weighted by Crippen LogP contribution is 2.34. The van der Waals surface area contributed by atoms with Crippen molar-refractivity contribution in [1.29, 1.82) is 0 Å². The Hall–Kier alpha value is -0.670. The van der Waals surface area contributed by atoms with Crippen molar-refractivity contribution in [2.75, 3.05) is 30.8 Å². The first-order chi connectivity index (χ1) is 8.86. The van der Waals surface area contributed by atoms with Crippen LogP contribution < -0.4 is 10.2 Å². The third-order valence-electron chi connectivity index (χ3n) is 4.04. The first kappa shape index (κ1) is 12.4. The van der Waals surface area contributed by atoms with Crippen LogP contribution in [-0.2, 0) is 0 Å². The lowest BCUT2D eigenvalue weighted by molar-refractivity contribution is 0.490. The van der Waals surface area contributed by atoms with E-state index in [-0.39, 0.29) is 0 Å². The Labute approximate surface area is 114 Å². The number of benzene rings is 1. The molecule has 1 aromatic rings. The molecule has 0 amide bonds. The van der Waals surface area contributed by atoms with Gasteiger partial charge in [-0.2, -0.15) is 0 Å². The molecule has 0 aromatic heterocycles. The summed E-state index contributed by atoms with van der Waals surface area (Å²) in [7, 11) is 0. The van der Waals surface area contributed by atoms with Crippen LogP contribution in [0.3, 0.4) is 0 Å². The summed E-state index contributed by atoms with van der Waals surface area (Å²) in [5, 5.41) is 3.72.